The monoisotopic (exact) mass is 221 g/mol. The van der Waals surface area contributed by atoms with Gasteiger partial charge in [-0.05, 0) is 51.3 Å². The fourth-order valence-corrected chi connectivity index (χ4v) is 1.54. The third-order valence-electron chi connectivity index (χ3n) is 2.87. The largest absolute Gasteiger partial charge is 0.491 e. The SMILES string of the molecule is CC(C)Oc1ccc(C(C)C(C)(C)N)cc1. The summed E-state index contributed by atoms with van der Waals surface area (Å²) in [5.41, 5.74) is 7.16. The molecule has 0 fully saturated rings. The molecule has 0 spiro atoms. The average molecular weight is 221 g/mol. The number of benzene rings is 1. The van der Waals surface area contributed by atoms with Gasteiger partial charge in [-0.25, -0.2) is 0 Å². The minimum absolute atomic E-state index is 0.194. The predicted octanol–water partition coefficient (Wildman–Crippen LogP) is 3.31. The molecule has 1 atom stereocenters. The summed E-state index contributed by atoms with van der Waals surface area (Å²) in [6.45, 7) is 10.3. The van der Waals surface area contributed by atoms with Crippen molar-refractivity contribution in [3.8, 4) is 5.75 Å². The summed E-state index contributed by atoms with van der Waals surface area (Å²) in [7, 11) is 0. The lowest BCUT2D eigenvalue weighted by Gasteiger charge is -2.27. The van der Waals surface area contributed by atoms with Crippen molar-refractivity contribution >= 4 is 0 Å². The van der Waals surface area contributed by atoms with Gasteiger partial charge in [-0.15, -0.1) is 0 Å². The van der Waals surface area contributed by atoms with E-state index in [1.54, 1.807) is 0 Å². The van der Waals surface area contributed by atoms with Crippen molar-refractivity contribution in [2.24, 2.45) is 5.73 Å². The second kappa shape index (κ2) is 4.88. The highest BCUT2D eigenvalue weighted by Gasteiger charge is 2.21. The zero-order chi connectivity index (χ0) is 12.3. The Morgan fingerprint density at radius 3 is 1.94 bits per heavy atom. The van der Waals surface area contributed by atoms with Gasteiger partial charge < -0.3 is 10.5 Å². The molecule has 1 unspecified atom stereocenters. The third kappa shape index (κ3) is 3.53. The molecule has 0 aliphatic rings. The van der Waals surface area contributed by atoms with Crippen molar-refractivity contribution in [2.45, 2.75) is 52.2 Å². The van der Waals surface area contributed by atoms with Gasteiger partial charge in [0.1, 0.15) is 5.75 Å². The first-order valence-electron chi connectivity index (χ1n) is 5.86. The topological polar surface area (TPSA) is 35.2 Å². The van der Waals surface area contributed by atoms with Crippen LogP contribution in [0.5, 0.6) is 5.75 Å². The molecule has 2 N–H and O–H groups in total. The summed E-state index contributed by atoms with van der Waals surface area (Å²) in [4.78, 5) is 0. The summed E-state index contributed by atoms with van der Waals surface area (Å²) >= 11 is 0. The van der Waals surface area contributed by atoms with Crippen LogP contribution < -0.4 is 10.5 Å². The van der Waals surface area contributed by atoms with Gasteiger partial charge in [-0.3, -0.25) is 0 Å². The van der Waals surface area contributed by atoms with E-state index in [1.165, 1.54) is 5.56 Å². The molecule has 90 valence electrons. The van der Waals surface area contributed by atoms with E-state index in [0.717, 1.165) is 5.75 Å². The number of nitrogens with two attached hydrogens (primary N) is 1. The number of ether oxygens (including phenoxy) is 1. The molecule has 0 saturated heterocycles. The highest BCUT2D eigenvalue weighted by atomic mass is 16.5. The van der Waals surface area contributed by atoms with E-state index in [2.05, 4.69) is 32.9 Å². The minimum atomic E-state index is -0.194. The lowest BCUT2D eigenvalue weighted by molar-refractivity contribution is 0.242. The molecule has 0 radical (unpaired) electrons. The van der Waals surface area contributed by atoms with E-state index >= 15 is 0 Å². The van der Waals surface area contributed by atoms with Crippen LogP contribution in [0, 0.1) is 0 Å². The lowest BCUT2D eigenvalue weighted by Crippen LogP contribution is -2.37. The van der Waals surface area contributed by atoms with Crippen LogP contribution in [0.1, 0.15) is 46.1 Å². The van der Waals surface area contributed by atoms with E-state index in [-0.39, 0.29) is 11.6 Å². The molecule has 0 aromatic heterocycles. The normalized spacial score (nSPS) is 13.9. The summed E-state index contributed by atoms with van der Waals surface area (Å²) in [5, 5.41) is 0. The summed E-state index contributed by atoms with van der Waals surface area (Å²) in [5.74, 6) is 1.25. The quantitative estimate of drug-likeness (QED) is 0.846. The van der Waals surface area contributed by atoms with E-state index in [4.69, 9.17) is 10.5 Å². The van der Waals surface area contributed by atoms with E-state index < -0.39 is 0 Å². The van der Waals surface area contributed by atoms with E-state index in [0.29, 0.717) is 5.92 Å². The molecule has 1 rings (SSSR count). The predicted molar refractivity (Wildman–Crippen MR) is 68.9 cm³/mol. The Morgan fingerprint density at radius 1 is 1.06 bits per heavy atom. The summed E-state index contributed by atoms with van der Waals surface area (Å²) in [6.07, 6.45) is 0.217. The van der Waals surface area contributed by atoms with Crippen LogP contribution in [-0.4, -0.2) is 11.6 Å². The van der Waals surface area contributed by atoms with Crippen molar-refractivity contribution in [2.75, 3.05) is 0 Å². The van der Waals surface area contributed by atoms with E-state index in [1.807, 2.05) is 26.0 Å². The van der Waals surface area contributed by atoms with Crippen LogP contribution in [-0.2, 0) is 0 Å². The minimum Gasteiger partial charge on any atom is -0.491 e. The molecule has 0 aliphatic heterocycles. The summed E-state index contributed by atoms with van der Waals surface area (Å²) < 4.78 is 5.60. The first-order valence-corrected chi connectivity index (χ1v) is 5.86. The van der Waals surface area contributed by atoms with E-state index in [9.17, 15) is 0 Å². The van der Waals surface area contributed by atoms with Crippen LogP contribution in [0.4, 0.5) is 0 Å². The highest BCUT2D eigenvalue weighted by Crippen LogP contribution is 2.27. The molecule has 16 heavy (non-hydrogen) atoms. The van der Waals surface area contributed by atoms with Gasteiger partial charge in [0.2, 0.25) is 0 Å². The zero-order valence-corrected chi connectivity index (χ0v) is 10.9. The van der Waals surface area contributed by atoms with Crippen molar-refractivity contribution in [1.82, 2.24) is 0 Å². The first kappa shape index (κ1) is 13.0. The fourth-order valence-electron chi connectivity index (χ4n) is 1.54. The van der Waals surface area contributed by atoms with Gasteiger partial charge in [-0.1, -0.05) is 19.1 Å². The first-order chi connectivity index (χ1) is 7.30. The van der Waals surface area contributed by atoms with Crippen molar-refractivity contribution in [3.05, 3.63) is 29.8 Å². The van der Waals surface area contributed by atoms with Gasteiger partial charge in [-0.2, -0.15) is 0 Å². The highest BCUT2D eigenvalue weighted by molar-refractivity contribution is 5.30. The molecule has 0 saturated carbocycles. The lowest BCUT2D eigenvalue weighted by atomic mass is 9.84. The van der Waals surface area contributed by atoms with Gasteiger partial charge >= 0.3 is 0 Å². The molecule has 0 heterocycles. The van der Waals surface area contributed by atoms with Crippen molar-refractivity contribution in [1.29, 1.82) is 0 Å². The molecule has 0 bridgehead atoms. The van der Waals surface area contributed by atoms with Gasteiger partial charge in [0, 0.05) is 5.54 Å². The molecule has 2 heteroatoms. The Hall–Kier alpha value is -1.02. The Morgan fingerprint density at radius 2 is 1.56 bits per heavy atom. The standard InChI is InChI=1S/C14H23NO/c1-10(2)16-13-8-6-12(7-9-13)11(3)14(4,5)15/h6-11H,15H2,1-5H3. The van der Waals surface area contributed by atoms with Crippen LogP contribution in [0.2, 0.25) is 0 Å². The summed E-state index contributed by atoms with van der Waals surface area (Å²) in [6, 6.07) is 8.21. The Bertz CT molecular complexity index is 322. The molecular formula is C14H23NO. The Balaban J connectivity index is 2.79. The molecule has 0 aliphatic carbocycles. The molecule has 2 nitrogen and oxygen atoms in total. The van der Waals surface area contributed by atoms with Gasteiger partial charge in [0.15, 0.2) is 0 Å². The maximum absolute atomic E-state index is 6.10. The third-order valence-corrected chi connectivity index (χ3v) is 2.87. The second-order valence-corrected chi connectivity index (χ2v) is 5.28. The molecule has 0 amide bonds. The molecular weight excluding hydrogens is 198 g/mol. The maximum Gasteiger partial charge on any atom is 0.119 e. The zero-order valence-electron chi connectivity index (χ0n) is 10.9. The second-order valence-electron chi connectivity index (χ2n) is 5.28. The number of hydrogen-bond acceptors (Lipinski definition) is 2. The van der Waals surface area contributed by atoms with Crippen LogP contribution in [0.15, 0.2) is 24.3 Å². The fraction of sp³-hybridized carbons (Fsp3) is 0.571. The van der Waals surface area contributed by atoms with Crippen molar-refractivity contribution < 1.29 is 4.74 Å². The number of hydrogen-bond donors (Lipinski definition) is 1. The molecule has 1 aromatic rings. The van der Waals surface area contributed by atoms with Crippen LogP contribution >= 0.6 is 0 Å². The average Bonchev–Trinajstić information content (AvgIpc) is 2.15. The Labute approximate surface area is 98.8 Å². The molecule has 1 aromatic carbocycles. The Kier molecular flexibility index (Phi) is 3.98. The van der Waals surface area contributed by atoms with Crippen LogP contribution in [0.3, 0.4) is 0 Å². The van der Waals surface area contributed by atoms with Gasteiger partial charge in [0.05, 0.1) is 6.10 Å². The van der Waals surface area contributed by atoms with Gasteiger partial charge in [0.25, 0.3) is 0 Å². The van der Waals surface area contributed by atoms with Crippen LogP contribution in [0.25, 0.3) is 0 Å². The smallest absolute Gasteiger partial charge is 0.119 e. The van der Waals surface area contributed by atoms with Crippen molar-refractivity contribution in [3.63, 3.8) is 0 Å². The number of rotatable bonds is 4. The maximum atomic E-state index is 6.10.